The number of aliphatic hydroxyl groups excluding tert-OH is 1. The van der Waals surface area contributed by atoms with Crippen molar-refractivity contribution in [3.8, 4) is 0 Å². The number of carbonyl (C=O) groups is 2. The van der Waals surface area contributed by atoms with Gasteiger partial charge in [0, 0.05) is 12.1 Å². The number of benzene rings is 3. The van der Waals surface area contributed by atoms with E-state index in [4.69, 9.17) is 0 Å². The zero-order valence-corrected chi connectivity index (χ0v) is 29.0. The van der Waals surface area contributed by atoms with E-state index in [0.717, 1.165) is 56.1 Å². The van der Waals surface area contributed by atoms with Crippen LogP contribution in [-0.4, -0.2) is 31.4 Å². The van der Waals surface area contributed by atoms with Crippen LogP contribution >= 0.6 is 0 Å². The number of allylic oxidation sites excluding steroid dienone is 3. The standard InChI is InChI=1S/C40H52N2O5S/c1-2-3-26-36(43)27-20-12-10-8-6-4-5-7-9-11-13-21-28-38(44)42-48(46,47)37-31-29-35(30-32-37)41-40(45)39(33-22-16-14-17-23-33)34-24-18-15-19-25-34/h9,11,14-20,22-25,27,29-32,36,39,43H,2-8,10,12-13,21,26,28H2,1H3,(H,41,45)(H,42,44)/t36-/m1/s1. The minimum Gasteiger partial charge on any atom is -0.389 e. The highest BCUT2D eigenvalue weighted by atomic mass is 32.2. The van der Waals surface area contributed by atoms with Crippen LogP contribution in [0.3, 0.4) is 0 Å². The summed E-state index contributed by atoms with van der Waals surface area (Å²) in [5.41, 5.74) is 2.15. The molecule has 3 N–H and O–H groups in total. The summed E-state index contributed by atoms with van der Waals surface area (Å²) in [6, 6.07) is 24.8. The van der Waals surface area contributed by atoms with Crippen LogP contribution in [0.2, 0.25) is 0 Å². The molecule has 0 saturated carbocycles. The first kappa shape index (κ1) is 38.4. The van der Waals surface area contributed by atoms with E-state index >= 15 is 0 Å². The minimum absolute atomic E-state index is 0.0471. The third kappa shape index (κ3) is 14.4. The highest BCUT2D eigenvalue weighted by Crippen LogP contribution is 2.26. The van der Waals surface area contributed by atoms with Gasteiger partial charge in [0.25, 0.3) is 10.0 Å². The summed E-state index contributed by atoms with van der Waals surface area (Å²) in [6.45, 7) is 2.13. The molecular formula is C40H52N2O5S. The van der Waals surface area contributed by atoms with Gasteiger partial charge in [-0.2, -0.15) is 0 Å². The number of sulfonamides is 1. The lowest BCUT2D eigenvalue weighted by atomic mass is 9.90. The second kappa shape index (κ2) is 21.8. The molecule has 0 radical (unpaired) electrons. The van der Waals surface area contributed by atoms with Gasteiger partial charge in [-0.15, -0.1) is 0 Å². The van der Waals surface area contributed by atoms with Crippen molar-refractivity contribution in [1.29, 1.82) is 0 Å². The molecule has 0 fully saturated rings. The predicted octanol–water partition coefficient (Wildman–Crippen LogP) is 8.83. The highest BCUT2D eigenvalue weighted by Gasteiger charge is 2.23. The third-order valence-electron chi connectivity index (χ3n) is 8.10. The van der Waals surface area contributed by atoms with Crippen LogP contribution in [0.25, 0.3) is 0 Å². The summed E-state index contributed by atoms with van der Waals surface area (Å²) in [7, 11) is -4.03. The Bertz CT molecular complexity index is 1480. The molecule has 0 spiro atoms. The molecule has 8 heteroatoms. The Morgan fingerprint density at radius 1 is 0.708 bits per heavy atom. The molecule has 0 bridgehead atoms. The first-order chi connectivity index (χ1) is 23.3. The van der Waals surface area contributed by atoms with Crippen LogP contribution in [0.1, 0.15) is 107 Å². The third-order valence-corrected chi connectivity index (χ3v) is 9.49. The number of anilines is 1. The first-order valence-electron chi connectivity index (χ1n) is 17.4. The van der Waals surface area contributed by atoms with Crippen LogP contribution in [0.4, 0.5) is 5.69 Å². The number of rotatable bonds is 22. The number of nitrogens with one attached hydrogen (secondary N) is 2. The van der Waals surface area contributed by atoms with E-state index in [1.807, 2.05) is 66.7 Å². The molecule has 2 amide bonds. The van der Waals surface area contributed by atoms with Gasteiger partial charge in [-0.05, 0) is 80.3 Å². The molecule has 3 aromatic rings. The van der Waals surface area contributed by atoms with Crippen LogP contribution in [0.15, 0.2) is 114 Å². The molecule has 258 valence electrons. The fraction of sp³-hybridized carbons (Fsp3) is 0.400. The first-order valence-corrected chi connectivity index (χ1v) is 18.8. The average molecular weight is 673 g/mol. The summed E-state index contributed by atoms with van der Waals surface area (Å²) < 4.78 is 27.8. The van der Waals surface area contributed by atoms with Crippen molar-refractivity contribution in [3.63, 3.8) is 0 Å². The van der Waals surface area contributed by atoms with E-state index in [9.17, 15) is 23.1 Å². The zero-order valence-electron chi connectivity index (χ0n) is 28.2. The van der Waals surface area contributed by atoms with Gasteiger partial charge in [0.15, 0.2) is 0 Å². The number of aliphatic hydroxyl groups is 1. The molecule has 3 rings (SSSR count). The topological polar surface area (TPSA) is 113 Å². The van der Waals surface area contributed by atoms with Crippen molar-refractivity contribution < 1.29 is 23.1 Å². The van der Waals surface area contributed by atoms with E-state index in [-0.39, 0.29) is 23.3 Å². The van der Waals surface area contributed by atoms with Gasteiger partial charge in [0.05, 0.1) is 16.9 Å². The Kier molecular flexibility index (Phi) is 17.4. The number of hydrogen-bond acceptors (Lipinski definition) is 5. The molecule has 0 heterocycles. The lowest BCUT2D eigenvalue weighted by Gasteiger charge is -2.18. The molecule has 0 unspecified atom stereocenters. The lowest BCUT2D eigenvalue weighted by molar-refractivity contribution is -0.119. The van der Waals surface area contributed by atoms with Gasteiger partial charge in [-0.25, -0.2) is 13.1 Å². The van der Waals surface area contributed by atoms with Crippen molar-refractivity contribution in [3.05, 3.63) is 120 Å². The van der Waals surface area contributed by atoms with E-state index in [2.05, 4.69) is 35.2 Å². The van der Waals surface area contributed by atoms with Gasteiger partial charge < -0.3 is 10.4 Å². The Balaban J connectivity index is 1.33. The quantitative estimate of drug-likeness (QED) is 0.0729. The summed E-state index contributed by atoms with van der Waals surface area (Å²) in [5, 5.41) is 12.7. The Labute approximate surface area is 287 Å². The monoisotopic (exact) mass is 672 g/mol. The van der Waals surface area contributed by atoms with Crippen molar-refractivity contribution in [2.24, 2.45) is 0 Å². The maximum Gasteiger partial charge on any atom is 0.264 e. The van der Waals surface area contributed by atoms with Gasteiger partial charge in [0.2, 0.25) is 11.8 Å². The molecule has 0 saturated heterocycles. The minimum atomic E-state index is -4.03. The van der Waals surface area contributed by atoms with Gasteiger partial charge in [0.1, 0.15) is 0 Å². The molecule has 0 aliphatic carbocycles. The Hall–Kier alpha value is -4.01. The maximum atomic E-state index is 13.3. The zero-order chi connectivity index (χ0) is 34.5. The number of hydrogen-bond donors (Lipinski definition) is 3. The Morgan fingerprint density at radius 3 is 1.83 bits per heavy atom. The Morgan fingerprint density at radius 2 is 1.25 bits per heavy atom. The maximum absolute atomic E-state index is 13.3. The molecule has 0 aliphatic heterocycles. The number of unbranched alkanes of at least 4 members (excludes halogenated alkanes) is 8. The van der Waals surface area contributed by atoms with Gasteiger partial charge in [-0.3, -0.25) is 9.59 Å². The predicted molar refractivity (Wildman–Crippen MR) is 195 cm³/mol. The van der Waals surface area contributed by atoms with Crippen molar-refractivity contribution in [1.82, 2.24) is 4.72 Å². The van der Waals surface area contributed by atoms with Gasteiger partial charge >= 0.3 is 0 Å². The van der Waals surface area contributed by atoms with Crippen LogP contribution in [0, 0.1) is 0 Å². The smallest absolute Gasteiger partial charge is 0.264 e. The van der Waals surface area contributed by atoms with E-state index < -0.39 is 21.8 Å². The second-order valence-electron chi connectivity index (χ2n) is 12.1. The van der Waals surface area contributed by atoms with E-state index in [1.165, 1.54) is 43.5 Å². The fourth-order valence-electron chi connectivity index (χ4n) is 5.41. The summed E-state index contributed by atoms with van der Waals surface area (Å²) in [5.74, 6) is -1.31. The van der Waals surface area contributed by atoms with Crippen molar-refractivity contribution in [2.75, 3.05) is 5.32 Å². The van der Waals surface area contributed by atoms with Gasteiger partial charge in [-0.1, -0.05) is 124 Å². The number of carbonyl (C=O) groups excluding carboxylic acids is 2. The molecule has 48 heavy (non-hydrogen) atoms. The average Bonchev–Trinajstić information content (AvgIpc) is 3.08. The van der Waals surface area contributed by atoms with E-state index in [0.29, 0.717) is 18.5 Å². The van der Waals surface area contributed by atoms with Crippen molar-refractivity contribution >= 4 is 27.5 Å². The summed E-state index contributed by atoms with van der Waals surface area (Å²) in [4.78, 5) is 25.7. The van der Waals surface area contributed by atoms with E-state index in [1.54, 1.807) is 0 Å². The second-order valence-corrected chi connectivity index (χ2v) is 13.8. The highest BCUT2D eigenvalue weighted by molar-refractivity contribution is 7.90. The van der Waals surface area contributed by atoms with Crippen LogP contribution < -0.4 is 10.0 Å². The molecular weight excluding hydrogens is 621 g/mol. The summed E-state index contributed by atoms with van der Waals surface area (Å²) in [6.07, 6.45) is 20.2. The normalized spacial score (nSPS) is 12.5. The molecule has 0 aromatic heterocycles. The SMILES string of the molecule is CCCC[C@@H](O)C=CCCCCCCCC=CCCCC(=O)NS(=O)(=O)c1ccc(NC(=O)C(c2ccccc2)c2ccccc2)cc1. The van der Waals surface area contributed by atoms with Crippen LogP contribution in [-0.2, 0) is 19.6 Å². The lowest BCUT2D eigenvalue weighted by Crippen LogP contribution is -2.30. The fourth-order valence-corrected chi connectivity index (χ4v) is 6.43. The molecule has 3 aromatic carbocycles. The molecule has 7 nitrogen and oxygen atoms in total. The van der Waals surface area contributed by atoms with Crippen LogP contribution in [0.5, 0.6) is 0 Å². The number of amides is 2. The largest absolute Gasteiger partial charge is 0.389 e. The molecule has 0 aliphatic rings. The van der Waals surface area contributed by atoms with Crippen molar-refractivity contribution in [2.45, 2.75) is 107 Å². The summed E-state index contributed by atoms with van der Waals surface area (Å²) >= 11 is 0. The molecule has 1 atom stereocenters.